The van der Waals surface area contributed by atoms with Gasteiger partial charge in [-0.1, -0.05) is 30.3 Å². The number of hydrogen-bond donors (Lipinski definition) is 1. The summed E-state index contributed by atoms with van der Waals surface area (Å²) in [5.74, 6) is 0. The van der Waals surface area contributed by atoms with E-state index in [2.05, 4.69) is 5.32 Å². The molecule has 4 nitrogen and oxygen atoms in total. The predicted octanol–water partition coefficient (Wildman–Crippen LogP) is 1.50. The van der Waals surface area contributed by atoms with E-state index in [0.29, 0.717) is 12.8 Å². The van der Waals surface area contributed by atoms with Gasteiger partial charge in [0.25, 0.3) is 0 Å². The summed E-state index contributed by atoms with van der Waals surface area (Å²) in [7, 11) is 0. The molecule has 0 aliphatic rings. The van der Waals surface area contributed by atoms with E-state index in [4.69, 9.17) is 4.74 Å². The van der Waals surface area contributed by atoms with Crippen molar-refractivity contribution in [3.05, 3.63) is 35.9 Å². The maximum atomic E-state index is 11.0. The number of amides is 1. The topological polar surface area (TPSA) is 55.4 Å². The Morgan fingerprint density at radius 1 is 1.33 bits per heavy atom. The van der Waals surface area contributed by atoms with Crippen molar-refractivity contribution < 1.29 is 14.3 Å². The molecule has 0 aliphatic heterocycles. The van der Waals surface area contributed by atoms with Gasteiger partial charge in [0.1, 0.15) is 6.29 Å². The summed E-state index contributed by atoms with van der Waals surface area (Å²) in [5.41, 5.74) is 1.00. The van der Waals surface area contributed by atoms with Crippen molar-refractivity contribution in [1.82, 2.24) is 5.32 Å². The van der Waals surface area contributed by atoms with Crippen LogP contribution in [0.4, 0.5) is 4.79 Å². The van der Waals surface area contributed by atoms with Crippen LogP contribution in [0.3, 0.4) is 0 Å². The number of hydrogen-bond acceptors (Lipinski definition) is 3. The standard InChI is InChI=1S/C11H13NO3/c13-7-4-8-15-11(14)12-9-10-5-2-1-3-6-10/h1-3,5-7H,4,8-9H2,(H,12,14). The van der Waals surface area contributed by atoms with Crippen LogP contribution in [0.5, 0.6) is 0 Å². The van der Waals surface area contributed by atoms with E-state index in [1.54, 1.807) is 0 Å². The van der Waals surface area contributed by atoms with Crippen molar-refractivity contribution in [2.45, 2.75) is 13.0 Å². The van der Waals surface area contributed by atoms with Gasteiger partial charge in [-0.15, -0.1) is 0 Å². The number of carbonyl (C=O) groups excluding carboxylic acids is 2. The molecule has 0 atom stereocenters. The van der Waals surface area contributed by atoms with E-state index < -0.39 is 6.09 Å². The molecule has 15 heavy (non-hydrogen) atoms. The molecule has 0 radical (unpaired) electrons. The zero-order valence-corrected chi connectivity index (χ0v) is 8.31. The van der Waals surface area contributed by atoms with E-state index in [1.807, 2.05) is 30.3 Å². The lowest BCUT2D eigenvalue weighted by molar-refractivity contribution is -0.108. The average molecular weight is 207 g/mol. The van der Waals surface area contributed by atoms with Crippen molar-refractivity contribution in [3.63, 3.8) is 0 Å². The van der Waals surface area contributed by atoms with Crippen molar-refractivity contribution in [2.24, 2.45) is 0 Å². The summed E-state index contributed by atoms with van der Waals surface area (Å²) in [6, 6.07) is 9.52. The van der Waals surface area contributed by atoms with E-state index in [0.717, 1.165) is 5.56 Å². The zero-order chi connectivity index (χ0) is 10.9. The minimum absolute atomic E-state index is 0.129. The first kappa shape index (κ1) is 11.2. The number of benzene rings is 1. The van der Waals surface area contributed by atoms with Crippen LogP contribution in [0.25, 0.3) is 0 Å². The molecule has 0 aromatic heterocycles. The third-order valence-corrected chi connectivity index (χ3v) is 1.75. The predicted molar refractivity (Wildman–Crippen MR) is 55.3 cm³/mol. The fourth-order valence-electron chi connectivity index (χ4n) is 1.02. The molecule has 1 amide bonds. The quantitative estimate of drug-likeness (QED) is 0.588. The number of rotatable bonds is 5. The van der Waals surface area contributed by atoms with Crippen LogP contribution >= 0.6 is 0 Å². The summed E-state index contributed by atoms with van der Waals surface area (Å²) in [6.07, 6.45) is 0.448. The lowest BCUT2D eigenvalue weighted by Crippen LogP contribution is -2.24. The van der Waals surface area contributed by atoms with Gasteiger partial charge in [0.05, 0.1) is 6.61 Å². The first-order chi connectivity index (χ1) is 7.33. The first-order valence-electron chi connectivity index (χ1n) is 4.71. The molecule has 4 heteroatoms. The van der Waals surface area contributed by atoms with E-state index in [-0.39, 0.29) is 13.0 Å². The van der Waals surface area contributed by atoms with Gasteiger partial charge in [-0.25, -0.2) is 4.79 Å². The summed E-state index contributed by atoms with van der Waals surface area (Å²) < 4.78 is 4.72. The molecular formula is C11H13NO3. The Morgan fingerprint density at radius 3 is 2.73 bits per heavy atom. The molecule has 80 valence electrons. The molecule has 1 N–H and O–H groups in total. The maximum Gasteiger partial charge on any atom is 0.407 e. The smallest absolute Gasteiger partial charge is 0.407 e. The summed E-state index contributed by atoms with van der Waals surface area (Å²) >= 11 is 0. The van der Waals surface area contributed by atoms with Crippen LogP contribution in [0, 0.1) is 0 Å². The van der Waals surface area contributed by atoms with Gasteiger partial charge in [-0.3, -0.25) is 0 Å². The SMILES string of the molecule is O=CCCOC(=O)NCc1ccccc1. The van der Waals surface area contributed by atoms with Gasteiger partial charge in [-0.05, 0) is 5.56 Å². The largest absolute Gasteiger partial charge is 0.449 e. The molecule has 1 aromatic carbocycles. The second kappa shape index (κ2) is 6.59. The minimum atomic E-state index is -0.499. The van der Waals surface area contributed by atoms with Crippen LogP contribution in [-0.4, -0.2) is 19.0 Å². The summed E-state index contributed by atoms with van der Waals surface area (Å²) in [5, 5.41) is 2.58. The lowest BCUT2D eigenvalue weighted by atomic mass is 10.2. The van der Waals surface area contributed by atoms with Crippen molar-refractivity contribution >= 4 is 12.4 Å². The highest BCUT2D eigenvalue weighted by molar-refractivity contribution is 5.67. The number of ether oxygens (including phenoxy) is 1. The molecule has 0 aliphatic carbocycles. The van der Waals surface area contributed by atoms with Crippen LogP contribution in [-0.2, 0) is 16.1 Å². The highest BCUT2D eigenvalue weighted by Gasteiger charge is 2.00. The number of aldehydes is 1. The highest BCUT2D eigenvalue weighted by Crippen LogP contribution is 1.97. The molecule has 1 rings (SSSR count). The normalized spacial score (nSPS) is 9.33. The van der Waals surface area contributed by atoms with Crippen LogP contribution < -0.4 is 5.32 Å². The molecule has 0 unspecified atom stereocenters. The Kier molecular flexibility index (Phi) is 4.94. The van der Waals surface area contributed by atoms with E-state index >= 15 is 0 Å². The molecule has 1 aromatic rings. The van der Waals surface area contributed by atoms with E-state index in [9.17, 15) is 9.59 Å². The van der Waals surface area contributed by atoms with E-state index in [1.165, 1.54) is 0 Å². The molecule has 0 spiro atoms. The number of nitrogens with one attached hydrogen (secondary N) is 1. The third kappa shape index (κ3) is 4.81. The third-order valence-electron chi connectivity index (χ3n) is 1.75. The zero-order valence-electron chi connectivity index (χ0n) is 8.31. The van der Waals surface area contributed by atoms with Crippen molar-refractivity contribution in [1.29, 1.82) is 0 Å². The molecule has 0 bridgehead atoms. The maximum absolute atomic E-state index is 11.0. The van der Waals surface area contributed by atoms with Gasteiger partial charge < -0.3 is 14.8 Å². The summed E-state index contributed by atoms with van der Waals surface area (Å²) in [4.78, 5) is 21.0. The van der Waals surface area contributed by atoms with Crippen LogP contribution in [0.15, 0.2) is 30.3 Å². The fourth-order valence-corrected chi connectivity index (χ4v) is 1.02. The van der Waals surface area contributed by atoms with Crippen LogP contribution in [0.1, 0.15) is 12.0 Å². The van der Waals surface area contributed by atoms with Gasteiger partial charge in [-0.2, -0.15) is 0 Å². The Labute approximate surface area is 88.2 Å². The van der Waals surface area contributed by atoms with Crippen molar-refractivity contribution in [2.75, 3.05) is 6.61 Å². The lowest BCUT2D eigenvalue weighted by Gasteiger charge is -2.05. The Morgan fingerprint density at radius 2 is 2.07 bits per heavy atom. The summed E-state index contributed by atoms with van der Waals surface area (Å²) in [6.45, 7) is 0.560. The van der Waals surface area contributed by atoms with Gasteiger partial charge in [0.15, 0.2) is 0 Å². The fraction of sp³-hybridized carbons (Fsp3) is 0.273. The van der Waals surface area contributed by atoms with Crippen molar-refractivity contribution in [3.8, 4) is 0 Å². The Hall–Kier alpha value is -1.84. The average Bonchev–Trinajstić information content (AvgIpc) is 2.28. The molecule has 0 saturated heterocycles. The second-order valence-electron chi connectivity index (χ2n) is 2.93. The Bertz CT molecular complexity index is 311. The molecule has 0 fully saturated rings. The number of carbonyl (C=O) groups is 2. The molecule has 0 heterocycles. The van der Waals surface area contributed by atoms with Gasteiger partial charge in [0.2, 0.25) is 0 Å². The van der Waals surface area contributed by atoms with Crippen LogP contribution in [0.2, 0.25) is 0 Å². The Balaban J connectivity index is 2.20. The molecule has 0 saturated carbocycles. The highest BCUT2D eigenvalue weighted by atomic mass is 16.5. The second-order valence-corrected chi connectivity index (χ2v) is 2.93. The molecular weight excluding hydrogens is 194 g/mol. The first-order valence-corrected chi connectivity index (χ1v) is 4.71. The minimum Gasteiger partial charge on any atom is -0.449 e. The van der Waals surface area contributed by atoms with Gasteiger partial charge >= 0.3 is 6.09 Å². The van der Waals surface area contributed by atoms with Gasteiger partial charge in [0, 0.05) is 13.0 Å². The monoisotopic (exact) mass is 207 g/mol. The number of alkyl carbamates (subject to hydrolysis) is 1.